The SMILES string of the molecule is O=C(C1CCS(=O)(=O)C1)N1CC2CCCNC2C1. The van der Waals surface area contributed by atoms with Gasteiger partial charge < -0.3 is 10.2 Å². The van der Waals surface area contributed by atoms with Gasteiger partial charge in [-0.05, 0) is 31.7 Å². The largest absolute Gasteiger partial charge is 0.341 e. The molecule has 0 spiro atoms. The van der Waals surface area contributed by atoms with E-state index in [1.54, 1.807) is 0 Å². The molecule has 3 saturated heterocycles. The molecule has 0 aromatic heterocycles. The van der Waals surface area contributed by atoms with Gasteiger partial charge in [-0.15, -0.1) is 0 Å². The number of nitrogens with zero attached hydrogens (tertiary/aromatic N) is 1. The molecule has 3 aliphatic heterocycles. The van der Waals surface area contributed by atoms with E-state index < -0.39 is 9.84 Å². The maximum absolute atomic E-state index is 12.3. The van der Waals surface area contributed by atoms with Crippen molar-refractivity contribution in [3.05, 3.63) is 0 Å². The van der Waals surface area contributed by atoms with E-state index in [1.165, 1.54) is 12.8 Å². The zero-order chi connectivity index (χ0) is 12.8. The third-order valence-electron chi connectivity index (χ3n) is 4.49. The minimum atomic E-state index is -2.96. The zero-order valence-electron chi connectivity index (χ0n) is 10.5. The van der Waals surface area contributed by atoms with Crippen molar-refractivity contribution in [1.82, 2.24) is 10.2 Å². The van der Waals surface area contributed by atoms with Crippen molar-refractivity contribution in [1.29, 1.82) is 0 Å². The number of carbonyl (C=O) groups is 1. The summed E-state index contributed by atoms with van der Waals surface area (Å²) in [5, 5.41) is 3.46. The fraction of sp³-hybridized carbons (Fsp3) is 0.917. The second-order valence-corrected chi connectivity index (χ2v) is 8.03. The molecule has 6 heteroatoms. The van der Waals surface area contributed by atoms with Gasteiger partial charge in [0.15, 0.2) is 9.84 Å². The fourth-order valence-electron chi connectivity index (χ4n) is 3.47. The molecule has 3 aliphatic rings. The summed E-state index contributed by atoms with van der Waals surface area (Å²) in [7, 11) is -2.96. The molecule has 0 aromatic carbocycles. The van der Waals surface area contributed by atoms with E-state index in [0.717, 1.165) is 19.6 Å². The fourth-order valence-corrected chi connectivity index (χ4v) is 5.21. The number of nitrogens with one attached hydrogen (secondary N) is 1. The number of fused-ring (bicyclic) bond motifs is 1. The lowest BCUT2D eigenvalue weighted by atomic mass is 9.94. The first kappa shape index (κ1) is 12.4. The predicted molar refractivity (Wildman–Crippen MR) is 67.9 cm³/mol. The summed E-state index contributed by atoms with van der Waals surface area (Å²) in [6.45, 7) is 2.62. The van der Waals surface area contributed by atoms with Crippen molar-refractivity contribution in [2.75, 3.05) is 31.1 Å². The van der Waals surface area contributed by atoms with Gasteiger partial charge in [0.1, 0.15) is 0 Å². The number of rotatable bonds is 1. The third kappa shape index (κ3) is 2.28. The van der Waals surface area contributed by atoms with Crippen LogP contribution in [-0.4, -0.2) is 56.4 Å². The molecular weight excluding hydrogens is 252 g/mol. The van der Waals surface area contributed by atoms with Gasteiger partial charge in [-0.25, -0.2) is 8.42 Å². The molecule has 1 amide bonds. The van der Waals surface area contributed by atoms with E-state index in [1.807, 2.05) is 4.90 Å². The number of hydrogen-bond donors (Lipinski definition) is 1. The monoisotopic (exact) mass is 272 g/mol. The molecule has 0 bridgehead atoms. The van der Waals surface area contributed by atoms with Gasteiger partial charge in [0.05, 0.1) is 17.4 Å². The molecule has 0 radical (unpaired) electrons. The molecule has 102 valence electrons. The highest BCUT2D eigenvalue weighted by atomic mass is 32.2. The van der Waals surface area contributed by atoms with Crippen molar-refractivity contribution >= 4 is 15.7 Å². The highest BCUT2D eigenvalue weighted by Crippen LogP contribution is 2.28. The molecule has 5 nitrogen and oxygen atoms in total. The standard InChI is InChI=1S/C12H20N2O3S/c15-12(10-3-5-18(16,17)8-10)14-6-9-2-1-4-13-11(9)7-14/h9-11,13H,1-8H2. The van der Waals surface area contributed by atoms with Crippen LogP contribution in [0.4, 0.5) is 0 Å². The number of hydrogen-bond acceptors (Lipinski definition) is 4. The van der Waals surface area contributed by atoms with Crippen molar-refractivity contribution in [2.45, 2.75) is 25.3 Å². The van der Waals surface area contributed by atoms with Crippen LogP contribution in [0.15, 0.2) is 0 Å². The van der Waals surface area contributed by atoms with Gasteiger partial charge in [0.25, 0.3) is 0 Å². The average Bonchev–Trinajstić information content (AvgIpc) is 2.91. The Labute approximate surface area is 108 Å². The van der Waals surface area contributed by atoms with E-state index >= 15 is 0 Å². The highest BCUT2D eigenvalue weighted by Gasteiger charge is 2.41. The smallest absolute Gasteiger partial charge is 0.226 e. The van der Waals surface area contributed by atoms with Gasteiger partial charge in [-0.1, -0.05) is 0 Å². The summed E-state index contributed by atoms with van der Waals surface area (Å²) in [5.74, 6) is 0.594. The Morgan fingerprint density at radius 3 is 2.72 bits per heavy atom. The quantitative estimate of drug-likeness (QED) is 0.707. The Hall–Kier alpha value is -0.620. The number of carbonyl (C=O) groups excluding carboxylic acids is 1. The average molecular weight is 272 g/mol. The molecule has 3 heterocycles. The second-order valence-electron chi connectivity index (χ2n) is 5.81. The lowest BCUT2D eigenvalue weighted by molar-refractivity contribution is -0.133. The lowest BCUT2D eigenvalue weighted by Crippen LogP contribution is -2.41. The maximum atomic E-state index is 12.3. The summed E-state index contributed by atoms with van der Waals surface area (Å²) in [6, 6.07) is 0.431. The molecule has 0 saturated carbocycles. The summed E-state index contributed by atoms with van der Waals surface area (Å²) < 4.78 is 22.9. The van der Waals surface area contributed by atoms with Gasteiger partial charge in [0.2, 0.25) is 5.91 Å². The van der Waals surface area contributed by atoms with Crippen molar-refractivity contribution in [2.24, 2.45) is 11.8 Å². The third-order valence-corrected chi connectivity index (χ3v) is 6.26. The Morgan fingerprint density at radius 2 is 2.06 bits per heavy atom. The number of piperidine rings is 1. The van der Waals surface area contributed by atoms with E-state index in [2.05, 4.69) is 5.32 Å². The zero-order valence-corrected chi connectivity index (χ0v) is 11.3. The molecular formula is C12H20N2O3S. The Morgan fingerprint density at radius 1 is 1.22 bits per heavy atom. The van der Waals surface area contributed by atoms with Crippen molar-refractivity contribution < 1.29 is 13.2 Å². The highest BCUT2D eigenvalue weighted by molar-refractivity contribution is 7.91. The Balaban J connectivity index is 1.64. The van der Waals surface area contributed by atoms with Crippen LogP contribution in [0.3, 0.4) is 0 Å². The molecule has 18 heavy (non-hydrogen) atoms. The summed E-state index contributed by atoms with van der Waals surface area (Å²) in [5.41, 5.74) is 0. The first-order valence-electron chi connectivity index (χ1n) is 6.78. The van der Waals surface area contributed by atoms with Crippen LogP contribution in [0.25, 0.3) is 0 Å². The normalized spacial score (nSPS) is 38.7. The van der Waals surface area contributed by atoms with E-state index in [-0.39, 0.29) is 23.3 Å². The van der Waals surface area contributed by atoms with Gasteiger partial charge >= 0.3 is 0 Å². The van der Waals surface area contributed by atoms with E-state index in [0.29, 0.717) is 18.4 Å². The van der Waals surface area contributed by atoms with Crippen LogP contribution >= 0.6 is 0 Å². The second kappa shape index (κ2) is 4.49. The topological polar surface area (TPSA) is 66.5 Å². The van der Waals surface area contributed by atoms with E-state index in [9.17, 15) is 13.2 Å². The number of sulfone groups is 1. The van der Waals surface area contributed by atoms with Crippen LogP contribution in [0.5, 0.6) is 0 Å². The molecule has 0 aromatic rings. The minimum absolute atomic E-state index is 0.0606. The summed E-state index contributed by atoms with van der Waals surface area (Å²) >= 11 is 0. The van der Waals surface area contributed by atoms with Crippen LogP contribution in [0, 0.1) is 11.8 Å². The number of amides is 1. The number of likely N-dealkylation sites (tertiary alicyclic amines) is 1. The first-order chi connectivity index (χ1) is 8.55. The van der Waals surface area contributed by atoms with Crippen LogP contribution < -0.4 is 5.32 Å². The predicted octanol–water partition coefficient (Wildman–Crippen LogP) is -0.368. The molecule has 3 atom stereocenters. The van der Waals surface area contributed by atoms with Gasteiger partial charge in [-0.2, -0.15) is 0 Å². The molecule has 0 aliphatic carbocycles. The first-order valence-corrected chi connectivity index (χ1v) is 8.60. The van der Waals surface area contributed by atoms with Gasteiger partial charge in [-0.3, -0.25) is 4.79 Å². The molecule has 3 unspecified atom stereocenters. The van der Waals surface area contributed by atoms with Crippen LogP contribution in [0.1, 0.15) is 19.3 Å². The molecule has 3 fully saturated rings. The lowest BCUT2D eigenvalue weighted by Gasteiger charge is -2.24. The molecule has 3 rings (SSSR count). The van der Waals surface area contributed by atoms with E-state index in [4.69, 9.17) is 0 Å². The minimum Gasteiger partial charge on any atom is -0.341 e. The summed E-state index contributed by atoms with van der Waals surface area (Å²) in [6.07, 6.45) is 2.88. The van der Waals surface area contributed by atoms with Crippen LogP contribution in [0.2, 0.25) is 0 Å². The van der Waals surface area contributed by atoms with Gasteiger partial charge in [0, 0.05) is 19.1 Å². The van der Waals surface area contributed by atoms with Crippen molar-refractivity contribution in [3.8, 4) is 0 Å². The maximum Gasteiger partial charge on any atom is 0.226 e. The Bertz CT molecular complexity index is 434. The molecule has 1 N–H and O–H groups in total. The Kier molecular flexibility index (Phi) is 3.10. The van der Waals surface area contributed by atoms with Crippen molar-refractivity contribution in [3.63, 3.8) is 0 Å². The summed E-state index contributed by atoms with van der Waals surface area (Å²) in [4.78, 5) is 14.2. The van der Waals surface area contributed by atoms with Crippen LogP contribution in [-0.2, 0) is 14.6 Å².